The van der Waals surface area contributed by atoms with Gasteiger partial charge in [0.2, 0.25) is 0 Å². The van der Waals surface area contributed by atoms with E-state index in [9.17, 15) is 9.59 Å². The van der Waals surface area contributed by atoms with Crippen molar-refractivity contribution in [1.82, 2.24) is 10.3 Å². The van der Waals surface area contributed by atoms with Gasteiger partial charge in [0.25, 0.3) is 11.5 Å². The molecule has 122 valence electrons. The molecule has 2 N–H and O–H groups in total. The first-order valence-corrected chi connectivity index (χ1v) is 7.75. The molecule has 0 fully saturated rings. The zero-order valence-electron chi connectivity index (χ0n) is 13.3. The lowest BCUT2D eigenvalue weighted by atomic mass is 10.1. The molecule has 2 heterocycles. The summed E-state index contributed by atoms with van der Waals surface area (Å²) in [4.78, 5) is 27.3. The van der Waals surface area contributed by atoms with Crippen molar-refractivity contribution in [3.05, 3.63) is 82.5 Å². The van der Waals surface area contributed by atoms with Crippen molar-refractivity contribution >= 4 is 5.91 Å². The summed E-state index contributed by atoms with van der Waals surface area (Å²) in [5.74, 6) is 0.394. The van der Waals surface area contributed by atoms with E-state index < -0.39 is 11.5 Å². The van der Waals surface area contributed by atoms with Gasteiger partial charge in [-0.3, -0.25) is 9.59 Å². The van der Waals surface area contributed by atoms with Crippen LogP contribution in [0.15, 0.2) is 70.1 Å². The average molecular weight is 322 g/mol. The quantitative estimate of drug-likeness (QED) is 0.758. The van der Waals surface area contributed by atoms with Crippen LogP contribution < -0.4 is 10.9 Å². The Kier molecular flexibility index (Phi) is 4.61. The van der Waals surface area contributed by atoms with Crippen molar-refractivity contribution in [2.45, 2.75) is 19.4 Å². The summed E-state index contributed by atoms with van der Waals surface area (Å²) in [6.07, 6.45) is 2.16. The van der Waals surface area contributed by atoms with Crippen LogP contribution in [0, 0.1) is 0 Å². The number of carbonyl (C=O) groups is 1. The van der Waals surface area contributed by atoms with Crippen molar-refractivity contribution in [2.75, 3.05) is 0 Å². The maximum absolute atomic E-state index is 12.3. The number of furan rings is 1. The van der Waals surface area contributed by atoms with Crippen LogP contribution in [0.4, 0.5) is 0 Å². The number of benzene rings is 1. The lowest BCUT2D eigenvalue weighted by Gasteiger charge is -2.12. The standard InChI is InChI=1S/C19H18N2O3/c1-13(12-15-8-5-11-24-15)20-18(22)16-9-10-17(21-19(16)23)14-6-3-2-4-7-14/h2-11,13H,12H2,1H3,(H,20,22)(H,21,23)/t13-/m1/s1. The Morgan fingerprint density at radius 2 is 1.92 bits per heavy atom. The van der Waals surface area contributed by atoms with Gasteiger partial charge in [-0.1, -0.05) is 30.3 Å². The Hall–Kier alpha value is -3.08. The summed E-state index contributed by atoms with van der Waals surface area (Å²) in [5, 5.41) is 2.82. The normalized spacial score (nSPS) is 11.9. The van der Waals surface area contributed by atoms with Crippen molar-refractivity contribution in [2.24, 2.45) is 0 Å². The molecule has 24 heavy (non-hydrogen) atoms. The lowest BCUT2D eigenvalue weighted by Crippen LogP contribution is -2.37. The van der Waals surface area contributed by atoms with Gasteiger partial charge >= 0.3 is 0 Å². The SMILES string of the molecule is C[C@H](Cc1ccco1)NC(=O)c1ccc(-c2ccccc2)[nH]c1=O. The fourth-order valence-electron chi connectivity index (χ4n) is 2.52. The highest BCUT2D eigenvalue weighted by atomic mass is 16.3. The van der Waals surface area contributed by atoms with E-state index in [-0.39, 0.29) is 11.6 Å². The summed E-state index contributed by atoms with van der Waals surface area (Å²) in [5.41, 5.74) is 1.27. The minimum absolute atomic E-state index is 0.0981. The molecule has 0 aliphatic heterocycles. The second kappa shape index (κ2) is 7.00. The van der Waals surface area contributed by atoms with Crippen LogP contribution in [-0.2, 0) is 6.42 Å². The van der Waals surface area contributed by atoms with Gasteiger partial charge in [0, 0.05) is 18.2 Å². The third kappa shape index (κ3) is 3.63. The van der Waals surface area contributed by atoms with Gasteiger partial charge in [0.05, 0.1) is 6.26 Å². The molecule has 0 saturated heterocycles. The number of nitrogens with one attached hydrogen (secondary N) is 2. The molecule has 1 amide bonds. The molecule has 5 heteroatoms. The Balaban J connectivity index is 1.72. The highest BCUT2D eigenvalue weighted by Gasteiger charge is 2.15. The van der Waals surface area contributed by atoms with E-state index in [0.29, 0.717) is 12.1 Å². The molecular weight excluding hydrogens is 304 g/mol. The first-order valence-electron chi connectivity index (χ1n) is 7.75. The molecule has 5 nitrogen and oxygen atoms in total. The predicted octanol–water partition coefficient (Wildman–Crippen LogP) is 3.00. The second-order valence-corrected chi connectivity index (χ2v) is 5.64. The minimum Gasteiger partial charge on any atom is -0.469 e. The number of hydrogen-bond donors (Lipinski definition) is 2. The van der Waals surface area contributed by atoms with Crippen LogP contribution in [0.5, 0.6) is 0 Å². The molecule has 2 aromatic heterocycles. The van der Waals surface area contributed by atoms with E-state index in [0.717, 1.165) is 11.3 Å². The number of aromatic amines is 1. The van der Waals surface area contributed by atoms with Gasteiger partial charge in [-0.25, -0.2) is 0 Å². The molecule has 3 aromatic rings. The molecule has 0 radical (unpaired) electrons. The minimum atomic E-state index is -0.404. The summed E-state index contributed by atoms with van der Waals surface area (Å²) in [6.45, 7) is 1.87. The smallest absolute Gasteiger partial charge is 0.261 e. The van der Waals surface area contributed by atoms with E-state index in [4.69, 9.17) is 4.42 Å². The Labute approximate surface area is 139 Å². The van der Waals surface area contributed by atoms with Gasteiger partial charge < -0.3 is 14.7 Å². The Morgan fingerprint density at radius 3 is 2.58 bits per heavy atom. The number of aromatic nitrogens is 1. The predicted molar refractivity (Wildman–Crippen MR) is 91.8 cm³/mol. The first kappa shape index (κ1) is 15.8. The van der Waals surface area contributed by atoms with E-state index in [1.165, 1.54) is 0 Å². The van der Waals surface area contributed by atoms with Crippen LogP contribution in [0.3, 0.4) is 0 Å². The van der Waals surface area contributed by atoms with Gasteiger partial charge in [-0.05, 0) is 36.8 Å². The summed E-state index contributed by atoms with van der Waals surface area (Å²) in [7, 11) is 0. The number of carbonyl (C=O) groups excluding carboxylic acids is 1. The molecule has 0 saturated carbocycles. The number of hydrogen-bond acceptors (Lipinski definition) is 3. The maximum Gasteiger partial charge on any atom is 0.261 e. The highest BCUT2D eigenvalue weighted by molar-refractivity contribution is 5.94. The maximum atomic E-state index is 12.3. The Morgan fingerprint density at radius 1 is 1.12 bits per heavy atom. The molecule has 3 rings (SSSR count). The van der Waals surface area contributed by atoms with Crippen molar-refractivity contribution in [3.8, 4) is 11.3 Å². The van der Waals surface area contributed by atoms with Crippen LogP contribution >= 0.6 is 0 Å². The van der Waals surface area contributed by atoms with E-state index >= 15 is 0 Å². The summed E-state index contributed by atoms with van der Waals surface area (Å²) < 4.78 is 5.26. The molecule has 1 atom stereocenters. The van der Waals surface area contributed by atoms with E-state index in [1.807, 2.05) is 43.3 Å². The van der Waals surface area contributed by atoms with Crippen molar-refractivity contribution in [3.63, 3.8) is 0 Å². The van der Waals surface area contributed by atoms with E-state index in [1.54, 1.807) is 24.5 Å². The van der Waals surface area contributed by atoms with Gasteiger partial charge in [-0.15, -0.1) is 0 Å². The van der Waals surface area contributed by atoms with Crippen LogP contribution in [0.2, 0.25) is 0 Å². The number of rotatable bonds is 5. The zero-order valence-corrected chi connectivity index (χ0v) is 13.3. The van der Waals surface area contributed by atoms with E-state index in [2.05, 4.69) is 10.3 Å². The fraction of sp³-hybridized carbons (Fsp3) is 0.158. The van der Waals surface area contributed by atoms with Crippen LogP contribution in [0.25, 0.3) is 11.3 Å². The average Bonchev–Trinajstić information content (AvgIpc) is 3.08. The fourth-order valence-corrected chi connectivity index (χ4v) is 2.52. The third-order valence-electron chi connectivity index (χ3n) is 3.70. The molecule has 0 unspecified atom stereocenters. The highest BCUT2D eigenvalue weighted by Crippen LogP contribution is 2.14. The number of pyridine rings is 1. The molecule has 0 aliphatic carbocycles. The third-order valence-corrected chi connectivity index (χ3v) is 3.70. The molecule has 0 aliphatic rings. The Bertz CT molecular complexity index is 867. The zero-order chi connectivity index (χ0) is 16.9. The molecule has 0 spiro atoms. The second-order valence-electron chi connectivity index (χ2n) is 5.64. The summed E-state index contributed by atoms with van der Waals surface area (Å²) in [6, 6.07) is 16.3. The van der Waals surface area contributed by atoms with Crippen LogP contribution in [-0.4, -0.2) is 16.9 Å². The molecule has 0 bridgehead atoms. The number of H-pyrrole nitrogens is 1. The first-order chi connectivity index (χ1) is 11.6. The molecular formula is C19H18N2O3. The summed E-state index contributed by atoms with van der Waals surface area (Å²) >= 11 is 0. The topological polar surface area (TPSA) is 75.1 Å². The van der Waals surface area contributed by atoms with Crippen LogP contribution in [0.1, 0.15) is 23.0 Å². The van der Waals surface area contributed by atoms with Gasteiger partial charge in [0.15, 0.2) is 0 Å². The van der Waals surface area contributed by atoms with Gasteiger partial charge in [-0.2, -0.15) is 0 Å². The number of amides is 1. The van der Waals surface area contributed by atoms with Crippen molar-refractivity contribution < 1.29 is 9.21 Å². The monoisotopic (exact) mass is 322 g/mol. The molecule has 1 aromatic carbocycles. The van der Waals surface area contributed by atoms with Gasteiger partial charge in [0.1, 0.15) is 11.3 Å². The largest absolute Gasteiger partial charge is 0.469 e. The lowest BCUT2D eigenvalue weighted by molar-refractivity contribution is 0.0938. The van der Waals surface area contributed by atoms with Crippen molar-refractivity contribution in [1.29, 1.82) is 0 Å².